The molecule has 1 unspecified atom stereocenters. The normalized spacial score (nSPS) is 12.1. The van der Waals surface area contributed by atoms with Crippen LogP contribution in [0.3, 0.4) is 0 Å². The second-order valence-electron chi connectivity index (χ2n) is 2.43. The summed E-state index contributed by atoms with van der Waals surface area (Å²) in [6.45, 7) is -0.184. The van der Waals surface area contributed by atoms with Crippen molar-refractivity contribution in [2.24, 2.45) is 5.92 Å². The first-order valence-corrected chi connectivity index (χ1v) is 3.78. The molecule has 0 spiro atoms. The minimum Gasteiger partial charge on any atom is -0.396 e. The Morgan fingerprint density at radius 3 is 2.50 bits per heavy atom. The van der Waals surface area contributed by atoms with Gasteiger partial charge in [-0.3, -0.25) is 4.79 Å². The van der Waals surface area contributed by atoms with Gasteiger partial charge in [-0.1, -0.05) is 0 Å². The summed E-state index contributed by atoms with van der Waals surface area (Å²) < 4.78 is 0. The minimum atomic E-state index is -0.741. The van der Waals surface area contributed by atoms with E-state index in [0.29, 0.717) is 12.6 Å². The van der Waals surface area contributed by atoms with Crippen LogP contribution in [0.1, 0.15) is 19.3 Å². The quantitative estimate of drug-likeness (QED) is 0.424. The molecule has 4 nitrogen and oxygen atoms in total. The topological polar surface area (TPSA) is 71.4 Å². The lowest BCUT2D eigenvalue weighted by molar-refractivity contribution is -0.128. The molecule has 0 aliphatic heterocycles. The first-order chi connectivity index (χ1) is 5.76. The molecule has 12 heavy (non-hydrogen) atoms. The van der Waals surface area contributed by atoms with Gasteiger partial charge in [-0.2, -0.15) is 0 Å². The molecule has 0 aromatic rings. The summed E-state index contributed by atoms with van der Waals surface area (Å²) in [5.41, 5.74) is 0. The average Bonchev–Trinajstić information content (AvgIpc) is 2.10. The number of carbonyl (C=O) groups is 3. The standard InChI is InChI=1S/C8H12O4/c9-4-1-2-8(12)7(6-11)3-5-10/h4,6-7,10H,1-3,5H2. The van der Waals surface area contributed by atoms with Crippen LogP contribution >= 0.6 is 0 Å². The number of rotatable bonds is 7. The van der Waals surface area contributed by atoms with Crippen LogP contribution in [0.5, 0.6) is 0 Å². The second-order valence-corrected chi connectivity index (χ2v) is 2.43. The van der Waals surface area contributed by atoms with Gasteiger partial charge in [0.15, 0.2) is 0 Å². The number of Topliss-reactive ketones (excluding diaryl/α,β-unsaturated/α-hetero) is 1. The van der Waals surface area contributed by atoms with Crippen LogP contribution in [-0.4, -0.2) is 30.1 Å². The molecule has 1 N–H and O–H groups in total. The van der Waals surface area contributed by atoms with Gasteiger partial charge in [-0.05, 0) is 6.42 Å². The molecule has 1 atom stereocenters. The highest BCUT2D eigenvalue weighted by atomic mass is 16.3. The molecular weight excluding hydrogens is 160 g/mol. The Morgan fingerprint density at radius 1 is 1.42 bits per heavy atom. The molecule has 0 saturated carbocycles. The van der Waals surface area contributed by atoms with Crippen LogP contribution < -0.4 is 0 Å². The lowest BCUT2D eigenvalue weighted by Crippen LogP contribution is -2.17. The Hall–Kier alpha value is -1.03. The zero-order valence-corrected chi connectivity index (χ0v) is 6.73. The Bertz CT molecular complexity index is 164. The first kappa shape index (κ1) is 11.0. The zero-order valence-electron chi connectivity index (χ0n) is 6.73. The summed E-state index contributed by atoms with van der Waals surface area (Å²) in [6, 6.07) is 0. The Labute approximate surface area is 70.6 Å². The van der Waals surface area contributed by atoms with E-state index in [9.17, 15) is 14.4 Å². The smallest absolute Gasteiger partial charge is 0.143 e. The van der Waals surface area contributed by atoms with Crippen molar-refractivity contribution in [1.29, 1.82) is 0 Å². The van der Waals surface area contributed by atoms with E-state index in [0.717, 1.165) is 0 Å². The third-order valence-corrected chi connectivity index (χ3v) is 1.53. The van der Waals surface area contributed by atoms with Gasteiger partial charge >= 0.3 is 0 Å². The van der Waals surface area contributed by atoms with Crippen LogP contribution in [0.2, 0.25) is 0 Å². The molecule has 0 radical (unpaired) electrons. The number of hydrogen-bond donors (Lipinski definition) is 1. The maximum Gasteiger partial charge on any atom is 0.143 e. The SMILES string of the molecule is O=CCCC(=O)C(C=O)CCO. The molecule has 0 fully saturated rings. The summed E-state index contributed by atoms with van der Waals surface area (Å²) in [7, 11) is 0. The van der Waals surface area contributed by atoms with Crippen LogP contribution in [0, 0.1) is 5.92 Å². The Kier molecular flexibility index (Phi) is 6.09. The highest BCUT2D eigenvalue weighted by molar-refractivity contribution is 5.93. The monoisotopic (exact) mass is 172 g/mol. The lowest BCUT2D eigenvalue weighted by Gasteiger charge is -2.04. The highest BCUT2D eigenvalue weighted by Gasteiger charge is 2.15. The van der Waals surface area contributed by atoms with Crippen LogP contribution in [0.4, 0.5) is 0 Å². The van der Waals surface area contributed by atoms with Gasteiger partial charge < -0.3 is 14.7 Å². The number of aldehydes is 2. The zero-order chi connectivity index (χ0) is 9.40. The van der Waals surface area contributed by atoms with Gasteiger partial charge in [-0.25, -0.2) is 0 Å². The summed E-state index contributed by atoms with van der Waals surface area (Å²) in [6.07, 6.45) is 1.55. The molecule has 4 heteroatoms. The van der Waals surface area contributed by atoms with Crippen molar-refractivity contribution in [3.05, 3.63) is 0 Å². The predicted molar refractivity (Wildman–Crippen MR) is 41.6 cm³/mol. The van der Waals surface area contributed by atoms with Gasteiger partial charge in [-0.15, -0.1) is 0 Å². The van der Waals surface area contributed by atoms with Crippen LogP contribution in [0.15, 0.2) is 0 Å². The van der Waals surface area contributed by atoms with E-state index in [4.69, 9.17) is 5.11 Å². The highest BCUT2D eigenvalue weighted by Crippen LogP contribution is 2.04. The van der Waals surface area contributed by atoms with E-state index in [1.165, 1.54) is 0 Å². The van der Waals surface area contributed by atoms with E-state index < -0.39 is 5.92 Å². The molecule has 0 rings (SSSR count). The van der Waals surface area contributed by atoms with Gasteiger partial charge in [0, 0.05) is 19.4 Å². The van der Waals surface area contributed by atoms with Gasteiger partial charge in [0.05, 0.1) is 5.92 Å². The molecule has 0 amide bonds. The van der Waals surface area contributed by atoms with E-state index in [-0.39, 0.29) is 31.7 Å². The summed E-state index contributed by atoms with van der Waals surface area (Å²) in [5, 5.41) is 8.46. The molecule has 0 saturated heterocycles. The number of hydrogen-bond acceptors (Lipinski definition) is 4. The molecule has 0 aromatic heterocycles. The van der Waals surface area contributed by atoms with Crippen molar-refractivity contribution in [3.63, 3.8) is 0 Å². The number of aliphatic hydroxyl groups excluding tert-OH is 1. The summed E-state index contributed by atoms with van der Waals surface area (Å²) in [4.78, 5) is 31.2. The van der Waals surface area contributed by atoms with Crippen molar-refractivity contribution in [2.75, 3.05) is 6.61 Å². The number of ketones is 1. The van der Waals surface area contributed by atoms with Crippen molar-refractivity contribution in [2.45, 2.75) is 19.3 Å². The summed E-state index contributed by atoms with van der Waals surface area (Å²) >= 11 is 0. The van der Waals surface area contributed by atoms with E-state index >= 15 is 0 Å². The molecule has 0 heterocycles. The fraction of sp³-hybridized carbons (Fsp3) is 0.625. The van der Waals surface area contributed by atoms with Crippen LogP contribution in [0.25, 0.3) is 0 Å². The lowest BCUT2D eigenvalue weighted by atomic mass is 9.99. The van der Waals surface area contributed by atoms with Crippen molar-refractivity contribution < 1.29 is 19.5 Å². The molecular formula is C8H12O4. The second kappa shape index (κ2) is 6.67. The number of carbonyl (C=O) groups excluding carboxylic acids is 3. The van der Waals surface area contributed by atoms with Crippen molar-refractivity contribution in [3.8, 4) is 0 Å². The maximum atomic E-state index is 11.0. The minimum absolute atomic E-state index is 0.0902. The van der Waals surface area contributed by atoms with E-state index in [2.05, 4.69) is 0 Å². The average molecular weight is 172 g/mol. The largest absolute Gasteiger partial charge is 0.396 e. The van der Waals surface area contributed by atoms with E-state index in [1.54, 1.807) is 0 Å². The predicted octanol–water partition coefficient (Wildman–Crippen LogP) is -0.268. The Morgan fingerprint density at radius 2 is 2.08 bits per heavy atom. The summed E-state index contributed by atoms with van der Waals surface area (Å²) in [5.74, 6) is -1.01. The van der Waals surface area contributed by atoms with Gasteiger partial charge in [0.25, 0.3) is 0 Å². The van der Waals surface area contributed by atoms with Gasteiger partial charge in [0.1, 0.15) is 18.4 Å². The molecule has 0 aromatic carbocycles. The molecule has 0 bridgehead atoms. The third-order valence-electron chi connectivity index (χ3n) is 1.53. The number of aliphatic hydroxyl groups is 1. The van der Waals surface area contributed by atoms with E-state index in [1.807, 2.05) is 0 Å². The van der Waals surface area contributed by atoms with Crippen molar-refractivity contribution >= 4 is 18.4 Å². The Balaban J connectivity index is 3.84. The first-order valence-electron chi connectivity index (χ1n) is 3.78. The molecule has 0 aliphatic carbocycles. The fourth-order valence-corrected chi connectivity index (χ4v) is 0.831. The third kappa shape index (κ3) is 3.98. The van der Waals surface area contributed by atoms with Gasteiger partial charge in [0.2, 0.25) is 0 Å². The maximum absolute atomic E-state index is 11.0. The molecule has 68 valence electrons. The fourth-order valence-electron chi connectivity index (χ4n) is 0.831. The van der Waals surface area contributed by atoms with Crippen molar-refractivity contribution in [1.82, 2.24) is 0 Å². The molecule has 0 aliphatic rings. The van der Waals surface area contributed by atoms with Crippen LogP contribution in [-0.2, 0) is 14.4 Å².